The Morgan fingerprint density at radius 3 is 1.83 bits per heavy atom. The molecule has 10 heteroatoms. The van der Waals surface area contributed by atoms with Gasteiger partial charge in [0, 0.05) is 0 Å². The highest BCUT2D eigenvalue weighted by molar-refractivity contribution is 6.38. The highest BCUT2D eigenvalue weighted by Gasteiger charge is 2.36. The van der Waals surface area contributed by atoms with Gasteiger partial charge in [-0.05, 0) is 36.8 Å². The van der Waals surface area contributed by atoms with Crippen LogP contribution in [0.2, 0.25) is 0 Å². The van der Waals surface area contributed by atoms with Crippen LogP contribution in [0.5, 0.6) is 17.2 Å². The average Bonchev–Trinajstić information content (AvgIpc) is 2.76. The highest BCUT2D eigenvalue weighted by atomic mass is 19.2. The first-order valence-corrected chi connectivity index (χ1v) is 8.62. The molecule has 3 aromatic carbocycles. The summed E-state index contributed by atoms with van der Waals surface area (Å²) in [7, 11) is -1.89. The largest absolute Gasteiger partial charge is 0.788 e. The van der Waals surface area contributed by atoms with E-state index in [1.807, 2.05) is 0 Å². The van der Waals surface area contributed by atoms with Crippen molar-refractivity contribution >= 4 is 7.32 Å². The summed E-state index contributed by atoms with van der Waals surface area (Å²) in [5, 5.41) is 9.34. The third-order valence-electron chi connectivity index (χ3n) is 4.04. The van der Waals surface area contributed by atoms with Crippen molar-refractivity contribution in [3.8, 4) is 17.2 Å². The number of hydrogen-bond acceptors (Lipinski definition) is 4. The number of aromatic hydroxyl groups is 1. The zero-order valence-electron chi connectivity index (χ0n) is 15.4. The molecule has 3 rings (SSSR count). The Morgan fingerprint density at radius 2 is 1.27 bits per heavy atom. The lowest BCUT2D eigenvalue weighted by Crippen LogP contribution is -2.35. The van der Waals surface area contributed by atoms with Gasteiger partial charge >= 0.3 is 7.32 Å². The Kier molecular flexibility index (Phi) is 6.46. The van der Waals surface area contributed by atoms with Crippen LogP contribution in [-0.2, 0) is 4.65 Å². The summed E-state index contributed by atoms with van der Waals surface area (Å²) in [4.78, 5) is 0. The van der Waals surface area contributed by atoms with Crippen LogP contribution < -0.4 is 9.31 Å². The van der Waals surface area contributed by atoms with E-state index >= 15 is 0 Å². The van der Waals surface area contributed by atoms with Gasteiger partial charge in [0.2, 0.25) is 29.1 Å². The third-order valence-corrected chi connectivity index (χ3v) is 4.04. The van der Waals surface area contributed by atoms with Gasteiger partial charge in [0.1, 0.15) is 11.5 Å². The van der Waals surface area contributed by atoms with Crippen molar-refractivity contribution in [3.05, 3.63) is 89.2 Å². The van der Waals surface area contributed by atoms with Crippen LogP contribution in [0.25, 0.3) is 0 Å². The van der Waals surface area contributed by atoms with Crippen LogP contribution in [0, 0.1) is 29.1 Å². The molecule has 1 N–H and O–H groups in total. The second-order valence-electron chi connectivity index (χ2n) is 6.11. The summed E-state index contributed by atoms with van der Waals surface area (Å²) in [6.45, 7) is 1.57. The van der Waals surface area contributed by atoms with Crippen LogP contribution in [0.1, 0.15) is 18.6 Å². The maximum atomic E-state index is 14.0. The van der Waals surface area contributed by atoms with E-state index < -0.39 is 48.3 Å². The van der Waals surface area contributed by atoms with Gasteiger partial charge in [-0.2, -0.15) is 8.78 Å². The molecule has 0 radical (unpaired) electrons. The van der Waals surface area contributed by atoms with Crippen LogP contribution in [0.15, 0.2) is 54.6 Å². The van der Waals surface area contributed by atoms with E-state index in [0.29, 0.717) is 5.56 Å². The second kappa shape index (κ2) is 9.04. The molecule has 4 nitrogen and oxygen atoms in total. The fraction of sp³-hybridized carbons (Fsp3) is 0.100. The Morgan fingerprint density at radius 1 is 0.733 bits per heavy atom. The molecule has 3 aromatic rings. The Labute approximate surface area is 168 Å². The van der Waals surface area contributed by atoms with Crippen molar-refractivity contribution in [3.63, 3.8) is 0 Å². The van der Waals surface area contributed by atoms with Gasteiger partial charge in [0.15, 0.2) is 5.75 Å². The van der Waals surface area contributed by atoms with Crippen molar-refractivity contribution in [2.24, 2.45) is 0 Å². The first-order chi connectivity index (χ1) is 14.3. The minimum Gasteiger partial charge on any atom is -0.508 e. The molecule has 0 aliphatic rings. The number of hydrogen-bond donors (Lipinski definition) is 1. The van der Waals surface area contributed by atoms with E-state index in [1.54, 1.807) is 37.3 Å². The monoisotopic (exact) mass is 424 g/mol. The Bertz CT molecular complexity index is 989. The van der Waals surface area contributed by atoms with E-state index in [-0.39, 0.29) is 11.5 Å². The number of halogens is 5. The molecule has 0 saturated heterocycles. The standard InChI is InChI=1S/C20H14BF5O4/c1-11(12-5-3-2-4-6-12)28-21(29-14-9-7-13(27)8-10-14)30-20-18(25)16(23)15(22)17(24)19(20)26/h2-11,27H,1H3. The first-order valence-electron chi connectivity index (χ1n) is 8.62. The summed E-state index contributed by atoms with van der Waals surface area (Å²) in [5.41, 5.74) is 0.637. The van der Waals surface area contributed by atoms with Crippen molar-refractivity contribution in [1.82, 2.24) is 0 Å². The quantitative estimate of drug-likeness (QED) is 0.242. The van der Waals surface area contributed by atoms with E-state index in [4.69, 9.17) is 14.0 Å². The van der Waals surface area contributed by atoms with Crippen molar-refractivity contribution in [1.29, 1.82) is 0 Å². The molecule has 0 saturated carbocycles. The Hall–Kier alpha value is -3.27. The molecule has 30 heavy (non-hydrogen) atoms. The molecule has 0 bridgehead atoms. The summed E-state index contributed by atoms with van der Waals surface area (Å²) >= 11 is 0. The number of benzene rings is 3. The predicted octanol–water partition coefficient (Wildman–Crippen LogP) is 5.31. The SMILES string of the molecule is CC(OB(Oc1ccc(O)cc1)Oc1c(F)c(F)c(F)c(F)c1F)c1ccccc1. The normalized spacial score (nSPS) is 11.8. The lowest BCUT2D eigenvalue weighted by Gasteiger charge is -2.21. The molecule has 156 valence electrons. The van der Waals surface area contributed by atoms with Crippen LogP contribution in [-0.4, -0.2) is 12.4 Å². The topological polar surface area (TPSA) is 47.9 Å². The molecule has 0 amide bonds. The van der Waals surface area contributed by atoms with Crippen LogP contribution in [0.4, 0.5) is 22.0 Å². The molecule has 0 aliphatic carbocycles. The summed E-state index contributed by atoms with van der Waals surface area (Å²) in [5.74, 6) is -12.6. The van der Waals surface area contributed by atoms with Gasteiger partial charge in [-0.15, -0.1) is 0 Å². The molecule has 1 atom stereocenters. The molecule has 1 unspecified atom stereocenters. The van der Waals surface area contributed by atoms with Gasteiger partial charge in [-0.25, -0.2) is 13.2 Å². The third kappa shape index (κ3) is 4.65. The first kappa shape index (κ1) is 21.4. The fourth-order valence-electron chi connectivity index (χ4n) is 2.47. The van der Waals surface area contributed by atoms with Crippen molar-refractivity contribution < 1.29 is 41.0 Å². The van der Waals surface area contributed by atoms with E-state index in [0.717, 1.165) is 0 Å². The fourth-order valence-corrected chi connectivity index (χ4v) is 2.47. The Balaban J connectivity index is 1.92. The number of phenolic OH excluding ortho intramolecular Hbond substituents is 1. The predicted molar refractivity (Wildman–Crippen MR) is 97.3 cm³/mol. The lowest BCUT2D eigenvalue weighted by molar-refractivity contribution is 0.138. The highest BCUT2D eigenvalue weighted by Crippen LogP contribution is 2.31. The van der Waals surface area contributed by atoms with Crippen molar-refractivity contribution in [2.75, 3.05) is 0 Å². The molecule has 0 aromatic heterocycles. The molecular weight excluding hydrogens is 410 g/mol. The number of phenols is 1. The van der Waals surface area contributed by atoms with Gasteiger partial charge in [-0.3, -0.25) is 0 Å². The zero-order chi connectivity index (χ0) is 21.8. The zero-order valence-corrected chi connectivity index (χ0v) is 15.4. The maximum Gasteiger partial charge on any atom is 0.788 e. The van der Waals surface area contributed by atoms with Crippen LogP contribution >= 0.6 is 0 Å². The molecule has 0 spiro atoms. The van der Waals surface area contributed by atoms with Gasteiger partial charge in [-0.1, -0.05) is 30.3 Å². The minimum absolute atomic E-state index is 0.0435. The average molecular weight is 424 g/mol. The summed E-state index contributed by atoms with van der Waals surface area (Å²) < 4.78 is 84.1. The van der Waals surface area contributed by atoms with Gasteiger partial charge in [0.05, 0.1) is 6.10 Å². The van der Waals surface area contributed by atoms with E-state index in [2.05, 4.69) is 0 Å². The van der Waals surface area contributed by atoms with Gasteiger partial charge in [0.25, 0.3) is 0 Å². The van der Waals surface area contributed by atoms with Crippen molar-refractivity contribution in [2.45, 2.75) is 13.0 Å². The molecule has 0 fully saturated rings. The molecular formula is C20H14BF5O4. The molecule has 0 heterocycles. The minimum atomic E-state index is -2.31. The summed E-state index contributed by atoms with van der Waals surface area (Å²) in [6.07, 6.45) is -0.741. The lowest BCUT2D eigenvalue weighted by atomic mass is 10.1. The smallest absolute Gasteiger partial charge is 0.508 e. The number of rotatable bonds is 7. The second-order valence-corrected chi connectivity index (χ2v) is 6.11. The van der Waals surface area contributed by atoms with Gasteiger partial charge < -0.3 is 19.1 Å². The summed E-state index contributed by atoms with van der Waals surface area (Å²) in [6, 6.07) is 13.7. The van der Waals surface area contributed by atoms with E-state index in [1.165, 1.54) is 24.3 Å². The molecule has 0 aliphatic heterocycles. The van der Waals surface area contributed by atoms with Crippen LogP contribution in [0.3, 0.4) is 0 Å². The van der Waals surface area contributed by atoms with E-state index in [9.17, 15) is 27.1 Å². The maximum absolute atomic E-state index is 14.0.